The average Bonchev–Trinajstić information content (AvgIpc) is 3.23. The van der Waals surface area contributed by atoms with Crippen LogP contribution in [0.2, 0.25) is 0 Å². The Labute approximate surface area is 112 Å². The number of nitrogens with zero attached hydrogens (tertiary/aromatic N) is 3. The van der Waals surface area contributed by atoms with Gasteiger partial charge in [-0.2, -0.15) is 0 Å². The lowest BCUT2D eigenvalue weighted by Crippen LogP contribution is -2.46. The molecule has 0 radical (unpaired) electrons. The molecule has 2 fully saturated rings. The van der Waals surface area contributed by atoms with Crippen LogP contribution in [-0.2, 0) is 0 Å². The van der Waals surface area contributed by atoms with E-state index in [1.54, 1.807) is 17.0 Å². The summed E-state index contributed by atoms with van der Waals surface area (Å²) < 4.78 is 1.79. The Morgan fingerprint density at radius 2 is 2.05 bits per heavy atom. The predicted octanol–water partition coefficient (Wildman–Crippen LogP) is 1.32. The zero-order valence-corrected chi connectivity index (χ0v) is 11.3. The summed E-state index contributed by atoms with van der Waals surface area (Å²) in [5.41, 5.74) is -0.0229. The van der Waals surface area contributed by atoms with E-state index in [4.69, 9.17) is 0 Å². The van der Waals surface area contributed by atoms with Gasteiger partial charge in [0.2, 0.25) is 0 Å². The molecule has 3 rings (SSSR count). The highest BCUT2D eigenvalue weighted by Gasteiger charge is 2.30. The van der Waals surface area contributed by atoms with Crippen LogP contribution in [-0.4, -0.2) is 33.9 Å². The van der Waals surface area contributed by atoms with Crippen LogP contribution >= 0.6 is 0 Å². The van der Waals surface area contributed by atoms with Gasteiger partial charge in [-0.15, -0.1) is 0 Å². The number of hydrogen-bond acceptors (Lipinski definition) is 4. The second-order valence-corrected chi connectivity index (χ2v) is 5.72. The first-order valence-electron chi connectivity index (χ1n) is 7.16. The van der Waals surface area contributed by atoms with Gasteiger partial charge in [0.05, 0.1) is 12.1 Å². The Morgan fingerprint density at radius 3 is 2.74 bits per heavy atom. The number of aromatic nitrogens is 2. The summed E-state index contributed by atoms with van der Waals surface area (Å²) in [5.74, 6) is 0.473. The number of aliphatic hydroxyl groups is 1. The molecule has 104 valence electrons. The molecule has 1 heterocycles. The van der Waals surface area contributed by atoms with E-state index in [1.807, 2.05) is 11.9 Å². The summed E-state index contributed by atoms with van der Waals surface area (Å²) >= 11 is 0. The molecule has 5 nitrogen and oxygen atoms in total. The third-order valence-electron chi connectivity index (χ3n) is 4.32. The molecule has 2 unspecified atom stereocenters. The highest BCUT2D eigenvalue weighted by Crippen LogP contribution is 2.33. The van der Waals surface area contributed by atoms with Gasteiger partial charge >= 0.3 is 0 Å². The van der Waals surface area contributed by atoms with Crippen LogP contribution in [0.4, 0.5) is 5.82 Å². The van der Waals surface area contributed by atoms with E-state index < -0.39 is 0 Å². The molecule has 2 aliphatic carbocycles. The molecule has 0 aliphatic heterocycles. The van der Waals surface area contributed by atoms with Gasteiger partial charge in [-0.1, -0.05) is 12.8 Å². The van der Waals surface area contributed by atoms with Crippen LogP contribution in [0.1, 0.15) is 44.6 Å². The third-order valence-corrected chi connectivity index (χ3v) is 4.32. The van der Waals surface area contributed by atoms with Gasteiger partial charge < -0.3 is 14.6 Å². The van der Waals surface area contributed by atoms with Gasteiger partial charge in [-0.25, -0.2) is 4.98 Å². The first kappa shape index (κ1) is 12.7. The molecule has 1 N–H and O–H groups in total. The summed E-state index contributed by atoms with van der Waals surface area (Å²) in [7, 11) is 1.88. The largest absolute Gasteiger partial charge is 0.391 e. The Morgan fingerprint density at radius 1 is 1.32 bits per heavy atom. The van der Waals surface area contributed by atoms with Gasteiger partial charge in [0.1, 0.15) is 0 Å². The molecular formula is C14H21N3O2. The van der Waals surface area contributed by atoms with Crippen molar-refractivity contribution in [3.63, 3.8) is 0 Å². The number of hydrogen-bond donors (Lipinski definition) is 1. The van der Waals surface area contributed by atoms with Crippen LogP contribution in [0.15, 0.2) is 17.2 Å². The minimum atomic E-state index is -0.352. The third kappa shape index (κ3) is 2.39. The zero-order chi connectivity index (χ0) is 13.4. The van der Waals surface area contributed by atoms with Gasteiger partial charge in [-0.05, 0) is 25.7 Å². The molecule has 1 aromatic heterocycles. The normalized spacial score (nSPS) is 27.3. The maximum atomic E-state index is 12.4. The maximum Gasteiger partial charge on any atom is 0.293 e. The van der Waals surface area contributed by atoms with Gasteiger partial charge in [0.15, 0.2) is 5.82 Å². The second kappa shape index (κ2) is 4.96. The van der Waals surface area contributed by atoms with E-state index in [0.717, 1.165) is 38.5 Å². The summed E-state index contributed by atoms with van der Waals surface area (Å²) in [6.07, 6.45) is 9.20. The standard InChI is InChI=1S/C14H21N3O2/c1-16(11-4-2-3-5-12(11)18)13-14(19)17(9-8-15-13)10-6-7-10/h8-12,18H,2-7H2,1H3. The summed E-state index contributed by atoms with van der Waals surface area (Å²) in [4.78, 5) is 18.5. The Kier molecular flexibility index (Phi) is 3.31. The van der Waals surface area contributed by atoms with Crippen molar-refractivity contribution in [1.82, 2.24) is 9.55 Å². The summed E-state index contributed by atoms with van der Waals surface area (Å²) in [6, 6.07) is 0.378. The molecule has 0 saturated heterocycles. The minimum Gasteiger partial charge on any atom is -0.391 e. The predicted molar refractivity (Wildman–Crippen MR) is 73.4 cm³/mol. The fourth-order valence-electron chi connectivity index (χ4n) is 3.00. The van der Waals surface area contributed by atoms with Crippen molar-refractivity contribution in [2.45, 2.75) is 56.7 Å². The monoisotopic (exact) mass is 263 g/mol. The van der Waals surface area contributed by atoms with Gasteiger partial charge in [0, 0.05) is 25.5 Å². The van der Waals surface area contributed by atoms with Crippen molar-refractivity contribution < 1.29 is 5.11 Å². The Hall–Kier alpha value is -1.36. The molecule has 2 atom stereocenters. The number of likely N-dealkylation sites (N-methyl/N-ethyl adjacent to an activating group) is 1. The Bertz CT molecular complexity index is 510. The quantitative estimate of drug-likeness (QED) is 0.893. The molecular weight excluding hydrogens is 242 g/mol. The lowest BCUT2D eigenvalue weighted by Gasteiger charge is -2.35. The summed E-state index contributed by atoms with van der Waals surface area (Å²) in [5, 5.41) is 10.1. The van der Waals surface area contributed by atoms with E-state index in [2.05, 4.69) is 4.98 Å². The molecule has 2 aliphatic rings. The van der Waals surface area contributed by atoms with Crippen LogP contribution in [0.5, 0.6) is 0 Å². The smallest absolute Gasteiger partial charge is 0.293 e. The van der Waals surface area contributed by atoms with Crippen molar-refractivity contribution in [2.75, 3.05) is 11.9 Å². The molecule has 1 aromatic rings. The molecule has 2 saturated carbocycles. The fourth-order valence-corrected chi connectivity index (χ4v) is 3.00. The lowest BCUT2D eigenvalue weighted by atomic mass is 9.91. The molecule has 0 spiro atoms. The Balaban J connectivity index is 1.88. The van der Waals surface area contributed by atoms with Crippen LogP contribution in [0.3, 0.4) is 0 Å². The van der Waals surface area contributed by atoms with Crippen molar-refractivity contribution in [2.24, 2.45) is 0 Å². The topological polar surface area (TPSA) is 58.4 Å². The van der Waals surface area contributed by atoms with Crippen molar-refractivity contribution in [1.29, 1.82) is 0 Å². The zero-order valence-electron chi connectivity index (χ0n) is 11.3. The van der Waals surface area contributed by atoms with Gasteiger partial charge in [0.25, 0.3) is 5.56 Å². The van der Waals surface area contributed by atoms with Crippen LogP contribution < -0.4 is 10.5 Å². The molecule has 0 bridgehead atoms. The number of anilines is 1. The molecule has 0 aromatic carbocycles. The van der Waals surface area contributed by atoms with E-state index >= 15 is 0 Å². The summed E-state index contributed by atoms with van der Waals surface area (Å²) in [6.45, 7) is 0. The lowest BCUT2D eigenvalue weighted by molar-refractivity contribution is 0.106. The van der Waals surface area contributed by atoms with Crippen molar-refractivity contribution in [3.8, 4) is 0 Å². The number of rotatable bonds is 3. The van der Waals surface area contributed by atoms with E-state index in [0.29, 0.717) is 11.9 Å². The van der Waals surface area contributed by atoms with E-state index in [1.165, 1.54) is 0 Å². The fraction of sp³-hybridized carbons (Fsp3) is 0.714. The first-order chi connectivity index (χ1) is 9.18. The minimum absolute atomic E-state index is 0.0176. The first-order valence-corrected chi connectivity index (χ1v) is 7.16. The van der Waals surface area contributed by atoms with Crippen LogP contribution in [0, 0.1) is 0 Å². The van der Waals surface area contributed by atoms with Gasteiger partial charge in [-0.3, -0.25) is 4.79 Å². The SMILES string of the molecule is CN(c1nccn(C2CC2)c1=O)C1CCCCC1O. The van der Waals surface area contributed by atoms with E-state index in [9.17, 15) is 9.90 Å². The average molecular weight is 263 g/mol. The van der Waals surface area contributed by atoms with E-state index in [-0.39, 0.29) is 17.7 Å². The van der Waals surface area contributed by atoms with Crippen molar-refractivity contribution in [3.05, 3.63) is 22.7 Å². The van der Waals surface area contributed by atoms with Crippen molar-refractivity contribution >= 4 is 5.82 Å². The molecule has 5 heteroatoms. The highest BCUT2D eigenvalue weighted by atomic mass is 16.3. The second-order valence-electron chi connectivity index (χ2n) is 5.72. The number of aliphatic hydroxyl groups excluding tert-OH is 1. The highest BCUT2D eigenvalue weighted by molar-refractivity contribution is 5.37. The maximum absolute atomic E-state index is 12.4. The molecule has 0 amide bonds. The van der Waals surface area contributed by atoms with Crippen LogP contribution in [0.25, 0.3) is 0 Å². The molecule has 19 heavy (non-hydrogen) atoms.